The fourth-order valence-corrected chi connectivity index (χ4v) is 2.64. The van der Waals surface area contributed by atoms with Gasteiger partial charge in [0.1, 0.15) is 0 Å². The van der Waals surface area contributed by atoms with Crippen LogP contribution in [0.2, 0.25) is 0 Å². The third kappa shape index (κ3) is 2.97. The van der Waals surface area contributed by atoms with Crippen LogP contribution in [0, 0.1) is 0 Å². The zero-order chi connectivity index (χ0) is 14.9. The van der Waals surface area contributed by atoms with E-state index in [9.17, 15) is 0 Å². The standard InChI is InChI=1S/C20H21N/c1-20(2,3)17-10-8-15(9-11-17)14-19-18-7-5-4-6-16(18)12-13-21-19/h4-13H,14H2,1-3H3. The Balaban J connectivity index is 1.92. The van der Waals surface area contributed by atoms with Crippen LogP contribution >= 0.6 is 0 Å². The lowest BCUT2D eigenvalue weighted by Crippen LogP contribution is -2.10. The fraction of sp³-hybridized carbons (Fsp3) is 0.250. The molecule has 3 rings (SSSR count). The summed E-state index contributed by atoms with van der Waals surface area (Å²) in [5.41, 5.74) is 4.04. The summed E-state index contributed by atoms with van der Waals surface area (Å²) in [5, 5.41) is 2.51. The molecule has 21 heavy (non-hydrogen) atoms. The third-order valence-electron chi connectivity index (χ3n) is 3.95. The summed E-state index contributed by atoms with van der Waals surface area (Å²) in [5.74, 6) is 0. The molecule has 1 aromatic heterocycles. The van der Waals surface area contributed by atoms with Crippen LogP contribution < -0.4 is 0 Å². The van der Waals surface area contributed by atoms with Gasteiger partial charge < -0.3 is 0 Å². The molecule has 1 heterocycles. The van der Waals surface area contributed by atoms with E-state index in [4.69, 9.17) is 0 Å². The van der Waals surface area contributed by atoms with Crippen LogP contribution in [0.15, 0.2) is 60.8 Å². The van der Waals surface area contributed by atoms with Gasteiger partial charge in [0.25, 0.3) is 0 Å². The Morgan fingerprint density at radius 3 is 2.29 bits per heavy atom. The normalized spacial score (nSPS) is 11.8. The molecule has 0 unspecified atom stereocenters. The molecule has 0 aliphatic rings. The largest absolute Gasteiger partial charge is 0.260 e. The minimum atomic E-state index is 0.205. The van der Waals surface area contributed by atoms with Gasteiger partial charge >= 0.3 is 0 Å². The van der Waals surface area contributed by atoms with Gasteiger partial charge in [0.2, 0.25) is 0 Å². The summed E-state index contributed by atoms with van der Waals surface area (Å²) in [7, 11) is 0. The van der Waals surface area contributed by atoms with Crippen molar-refractivity contribution in [2.24, 2.45) is 0 Å². The highest BCUT2D eigenvalue weighted by Gasteiger charge is 2.13. The van der Waals surface area contributed by atoms with Crippen molar-refractivity contribution in [1.82, 2.24) is 4.98 Å². The summed E-state index contributed by atoms with van der Waals surface area (Å²) >= 11 is 0. The van der Waals surface area contributed by atoms with E-state index in [1.54, 1.807) is 0 Å². The number of aromatic nitrogens is 1. The molecule has 0 spiro atoms. The van der Waals surface area contributed by atoms with E-state index < -0.39 is 0 Å². The van der Waals surface area contributed by atoms with Crippen molar-refractivity contribution in [3.8, 4) is 0 Å². The molecule has 0 aliphatic heterocycles. The first kappa shape index (κ1) is 13.8. The molecule has 1 nitrogen and oxygen atoms in total. The molecule has 2 aromatic carbocycles. The number of pyridine rings is 1. The first-order valence-corrected chi connectivity index (χ1v) is 7.46. The van der Waals surface area contributed by atoms with Crippen molar-refractivity contribution in [1.29, 1.82) is 0 Å². The molecule has 0 amide bonds. The summed E-state index contributed by atoms with van der Waals surface area (Å²) in [6, 6.07) is 19.4. The molecule has 0 radical (unpaired) electrons. The molecule has 3 aromatic rings. The highest BCUT2D eigenvalue weighted by atomic mass is 14.7. The van der Waals surface area contributed by atoms with Crippen molar-refractivity contribution >= 4 is 10.8 Å². The Labute approximate surface area is 126 Å². The predicted molar refractivity (Wildman–Crippen MR) is 89.7 cm³/mol. The average Bonchev–Trinajstić information content (AvgIpc) is 2.47. The predicted octanol–water partition coefficient (Wildman–Crippen LogP) is 5.12. The molecular weight excluding hydrogens is 254 g/mol. The molecule has 0 fully saturated rings. The topological polar surface area (TPSA) is 12.9 Å². The van der Waals surface area contributed by atoms with E-state index in [1.165, 1.54) is 21.9 Å². The Morgan fingerprint density at radius 1 is 0.857 bits per heavy atom. The van der Waals surface area contributed by atoms with Gasteiger partial charge in [-0.05, 0) is 28.0 Å². The van der Waals surface area contributed by atoms with Crippen molar-refractivity contribution in [2.45, 2.75) is 32.6 Å². The monoisotopic (exact) mass is 275 g/mol. The molecule has 0 N–H and O–H groups in total. The quantitative estimate of drug-likeness (QED) is 0.632. The van der Waals surface area contributed by atoms with Crippen LogP contribution in [0.3, 0.4) is 0 Å². The maximum absolute atomic E-state index is 4.57. The zero-order valence-electron chi connectivity index (χ0n) is 12.9. The zero-order valence-corrected chi connectivity index (χ0v) is 12.9. The Bertz CT molecular complexity index is 743. The van der Waals surface area contributed by atoms with Gasteiger partial charge in [-0.25, -0.2) is 0 Å². The summed E-state index contributed by atoms with van der Waals surface area (Å²) in [4.78, 5) is 4.57. The van der Waals surface area contributed by atoms with E-state index >= 15 is 0 Å². The Morgan fingerprint density at radius 2 is 1.57 bits per heavy atom. The van der Waals surface area contributed by atoms with Gasteiger partial charge in [0, 0.05) is 18.0 Å². The molecular formula is C20H21N. The van der Waals surface area contributed by atoms with Crippen molar-refractivity contribution in [2.75, 3.05) is 0 Å². The second kappa shape index (κ2) is 5.33. The third-order valence-corrected chi connectivity index (χ3v) is 3.95. The van der Waals surface area contributed by atoms with Gasteiger partial charge in [-0.3, -0.25) is 4.98 Å². The summed E-state index contributed by atoms with van der Waals surface area (Å²) in [6.45, 7) is 6.73. The summed E-state index contributed by atoms with van der Waals surface area (Å²) in [6.07, 6.45) is 2.78. The maximum Gasteiger partial charge on any atom is 0.0525 e. The SMILES string of the molecule is CC(C)(C)c1ccc(Cc2nccc3ccccc23)cc1. The van der Waals surface area contributed by atoms with Gasteiger partial charge in [-0.1, -0.05) is 69.3 Å². The van der Waals surface area contributed by atoms with Gasteiger partial charge in [-0.2, -0.15) is 0 Å². The number of hydrogen-bond donors (Lipinski definition) is 0. The molecule has 0 aliphatic carbocycles. The van der Waals surface area contributed by atoms with E-state index in [2.05, 4.69) is 80.4 Å². The highest BCUT2D eigenvalue weighted by molar-refractivity contribution is 5.84. The highest BCUT2D eigenvalue weighted by Crippen LogP contribution is 2.24. The minimum absolute atomic E-state index is 0.205. The van der Waals surface area contributed by atoms with E-state index in [1.807, 2.05) is 6.20 Å². The van der Waals surface area contributed by atoms with Crippen LogP contribution in [0.25, 0.3) is 10.8 Å². The van der Waals surface area contributed by atoms with Crippen LogP contribution in [0.1, 0.15) is 37.6 Å². The number of nitrogens with zero attached hydrogens (tertiary/aromatic N) is 1. The van der Waals surface area contributed by atoms with Crippen LogP contribution in [0.4, 0.5) is 0 Å². The second-order valence-electron chi connectivity index (χ2n) is 6.60. The number of hydrogen-bond acceptors (Lipinski definition) is 1. The van der Waals surface area contributed by atoms with E-state index in [0.29, 0.717) is 0 Å². The lowest BCUT2D eigenvalue weighted by molar-refractivity contribution is 0.590. The molecule has 0 bridgehead atoms. The van der Waals surface area contributed by atoms with Gasteiger partial charge in [0.05, 0.1) is 5.69 Å². The van der Waals surface area contributed by atoms with E-state index in [-0.39, 0.29) is 5.41 Å². The lowest BCUT2D eigenvalue weighted by atomic mass is 9.86. The van der Waals surface area contributed by atoms with Crippen molar-refractivity contribution < 1.29 is 0 Å². The van der Waals surface area contributed by atoms with Crippen LogP contribution in [-0.4, -0.2) is 4.98 Å². The number of rotatable bonds is 2. The summed E-state index contributed by atoms with van der Waals surface area (Å²) < 4.78 is 0. The van der Waals surface area contributed by atoms with Crippen LogP contribution in [-0.2, 0) is 11.8 Å². The van der Waals surface area contributed by atoms with Crippen LogP contribution in [0.5, 0.6) is 0 Å². The minimum Gasteiger partial charge on any atom is -0.260 e. The molecule has 0 saturated heterocycles. The van der Waals surface area contributed by atoms with E-state index in [0.717, 1.165) is 12.1 Å². The molecule has 0 saturated carbocycles. The lowest BCUT2D eigenvalue weighted by Gasteiger charge is -2.19. The maximum atomic E-state index is 4.57. The van der Waals surface area contributed by atoms with Gasteiger partial charge in [0.15, 0.2) is 0 Å². The molecule has 0 atom stereocenters. The average molecular weight is 275 g/mol. The van der Waals surface area contributed by atoms with Gasteiger partial charge in [-0.15, -0.1) is 0 Å². The number of benzene rings is 2. The molecule has 106 valence electrons. The second-order valence-corrected chi connectivity index (χ2v) is 6.60. The van der Waals surface area contributed by atoms with Crippen molar-refractivity contribution in [3.63, 3.8) is 0 Å². The number of fused-ring (bicyclic) bond motifs is 1. The van der Waals surface area contributed by atoms with Crippen molar-refractivity contribution in [3.05, 3.63) is 77.6 Å². The Kier molecular flexibility index (Phi) is 3.50. The smallest absolute Gasteiger partial charge is 0.0525 e. The Hall–Kier alpha value is -2.15. The fourth-order valence-electron chi connectivity index (χ4n) is 2.64. The molecule has 1 heteroatoms. The first-order chi connectivity index (χ1) is 10.0. The first-order valence-electron chi connectivity index (χ1n) is 7.46.